The van der Waals surface area contributed by atoms with Gasteiger partial charge in [-0.3, -0.25) is 9.59 Å². The Morgan fingerprint density at radius 1 is 1.29 bits per heavy atom. The first-order valence-electron chi connectivity index (χ1n) is 5.16. The Balaban J connectivity index is 2.31. The predicted octanol–water partition coefficient (Wildman–Crippen LogP) is 1.42. The minimum absolute atomic E-state index is 0.206. The molecule has 1 saturated heterocycles. The van der Waals surface area contributed by atoms with E-state index >= 15 is 0 Å². The highest BCUT2D eigenvalue weighted by atomic mass is 79.9. The number of rotatable bonds is 1. The molecule has 1 fully saturated rings. The van der Waals surface area contributed by atoms with Gasteiger partial charge < -0.3 is 10.6 Å². The van der Waals surface area contributed by atoms with Gasteiger partial charge in [0.05, 0.1) is 0 Å². The zero-order valence-electron chi connectivity index (χ0n) is 9.16. The minimum atomic E-state index is -0.487. The van der Waals surface area contributed by atoms with Crippen molar-refractivity contribution in [2.45, 2.75) is 13.0 Å². The first kappa shape index (κ1) is 11.9. The second-order valence-corrected chi connectivity index (χ2v) is 4.62. The Morgan fingerprint density at radius 3 is 2.71 bits per heavy atom. The molecule has 2 amide bonds. The summed E-state index contributed by atoms with van der Waals surface area (Å²) in [5, 5.41) is 5.17. The molecule has 5 heteroatoms. The van der Waals surface area contributed by atoms with Crippen molar-refractivity contribution in [2.75, 3.05) is 0 Å². The van der Waals surface area contributed by atoms with Crippen LogP contribution in [-0.4, -0.2) is 17.9 Å². The van der Waals surface area contributed by atoms with Crippen molar-refractivity contribution in [3.8, 4) is 0 Å². The molecule has 1 aromatic carbocycles. The highest BCUT2D eigenvalue weighted by Gasteiger charge is 2.25. The average molecular weight is 295 g/mol. The van der Waals surface area contributed by atoms with Crippen LogP contribution < -0.4 is 10.6 Å². The predicted molar refractivity (Wildman–Crippen MR) is 67.9 cm³/mol. The van der Waals surface area contributed by atoms with Gasteiger partial charge >= 0.3 is 0 Å². The second-order valence-electron chi connectivity index (χ2n) is 3.76. The van der Waals surface area contributed by atoms with Crippen LogP contribution >= 0.6 is 15.9 Å². The third-order valence-electron chi connectivity index (χ3n) is 2.45. The van der Waals surface area contributed by atoms with Gasteiger partial charge in [0.1, 0.15) is 11.7 Å². The number of nitrogens with one attached hydrogen (secondary N) is 2. The van der Waals surface area contributed by atoms with Gasteiger partial charge in [-0.1, -0.05) is 34.1 Å². The maximum atomic E-state index is 11.7. The Kier molecular flexibility index (Phi) is 3.28. The Bertz CT molecular complexity index is 511. The van der Waals surface area contributed by atoms with Gasteiger partial charge in [-0.15, -0.1) is 0 Å². The van der Waals surface area contributed by atoms with E-state index in [-0.39, 0.29) is 17.5 Å². The number of amides is 2. The highest BCUT2D eigenvalue weighted by Crippen LogP contribution is 2.19. The molecular weight excluding hydrogens is 284 g/mol. The molecule has 1 aliphatic heterocycles. The van der Waals surface area contributed by atoms with Gasteiger partial charge in [-0.05, 0) is 24.6 Å². The Morgan fingerprint density at radius 2 is 2.00 bits per heavy atom. The van der Waals surface area contributed by atoms with E-state index in [1.54, 1.807) is 13.0 Å². The molecule has 1 aromatic rings. The molecule has 0 bridgehead atoms. The van der Waals surface area contributed by atoms with Crippen molar-refractivity contribution in [1.29, 1.82) is 0 Å². The van der Waals surface area contributed by atoms with Gasteiger partial charge in [0, 0.05) is 4.47 Å². The van der Waals surface area contributed by atoms with E-state index in [9.17, 15) is 9.59 Å². The van der Waals surface area contributed by atoms with Crippen LogP contribution in [0.15, 0.2) is 34.4 Å². The van der Waals surface area contributed by atoms with Gasteiger partial charge in [-0.2, -0.15) is 0 Å². The van der Waals surface area contributed by atoms with Gasteiger partial charge in [0.25, 0.3) is 5.91 Å². The van der Waals surface area contributed by atoms with Crippen LogP contribution in [0.2, 0.25) is 0 Å². The summed E-state index contributed by atoms with van der Waals surface area (Å²) in [5.41, 5.74) is 1.10. The summed E-state index contributed by atoms with van der Waals surface area (Å²) in [5.74, 6) is -0.476. The molecule has 1 aliphatic rings. The van der Waals surface area contributed by atoms with E-state index in [4.69, 9.17) is 0 Å². The Labute approximate surface area is 107 Å². The van der Waals surface area contributed by atoms with Gasteiger partial charge in [0.15, 0.2) is 0 Å². The monoisotopic (exact) mass is 294 g/mol. The molecule has 0 radical (unpaired) electrons. The number of hydrogen-bond acceptors (Lipinski definition) is 2. The average Bonchev–Trinajstić information content (AvgIpc) is 2.29. The lowest BCUT2D eigenvalue weighted by atomic mass is 10.1. The molecule has 2 rings (SSSR count). The molecule has 0 saturated carbocycles. The molecular formula is C12H11BrN2O2. The van der Waals surface area contributed by atoms with E-state index in [2.05, 4.69) is 26.6 Å². The van der Waals surface area contributed by atoms with Crippen molar-refractivity contribution < 1.29 is 9.59 Å². The van der Waals surface area contributed by atoms with Gasteiger partial charge in [-0.25, -0.2) is 0 Å². The van der Waals surface area contributed by atoms with Crippen LogP contribution in [0.4, 0.5) is 0 Å². The molecule has 0 aromatic heterocycles. The van der Waals surface area contributed by atoms with Crippen LogP contribution in [0.1, 0.15) is 12.5 Å². The Hall–Kier alpha value is -1.62. The summed E-state index contributed by atoms with van der Waals surface area (Å²) in [4.78, 5) is 23.1. The largest absolute Gasteiger partial charge is 0.339 e. The summed E-state index contributed by atoms with van der Waals surface area (Å²) >= 11 is 3.38. The molecule has 0 spiro atoms. The van der Waals surface area contributed by atoms with Crippen molar-refractivity contribution in [3.05, 3.63) is 40.0 Å². The van der Waals surface area contributed by atoms with Crippen molar-refractivity contribution >= 4 is 33.8 Å². The SMILES string of the molecule is C[C@H]1NC(=O)/C(=C\c2ccccc2Br)NC1=O. The summed E-state index contributed by atoms with van der Waals surface area (Å²) in [6.07, 6.45) is 1.64. The van der Waals surface area contributed by atoms with Crippen molar-refractivity contribution in [1.82, 2.24) is 10.6 Å². The second kappa shape index (κ2) is 4.71. The van der Waals surface area contributed by atoms with Crippen LogP contribution in [0.25, 0.3) is 6.08 Å². The number of piperazine rings is 1. The zero-order chi connectivity index (χ0) is 12.4. The quantitative estimate of drug-likeness (QED) is 0.770. The zero-order valence-corrected chi connectivity index (χ0v) is 10.7. The fourth-order valence-electron chi connectivity index (χ4n) is 1.49. The third kappa shape index (κ3) is 2.55. The topological polar surface area (TPSA) is 58.2 Å². The van der Waals surface area contributed by atoms with E-state index in [0.29, 0.717) is 0 Å². The molecule has 1 atom stereocenters. The summed E-state index contributed by atoms with van der Waals surface area (Å²) < 4.78 is 0.869. The number of carbonyl (C=O) groups excluding carboxylic acids is 2. The smallest absolute Gasteiger partial charge is 0.268 e. The number of benzene rings is 1. The van der Waals surface area contributed by atoms with Crippen LogP contribution in [-0.2, 0) is 9.59 Å². The lowest BCUT2D eigenvalue weighted by Crippen LogP contribution is -2.53. The van der Waals surface area contributed by atoms with Crippen LogP contribution in [0.3, 0.4) is 0 Å². The van der Waals surface area contributed by atoms with Gasteiger partial charge in [0.2, 0.25) is 5.91 Å². The number of hydrogen-bond donors (Lipinski definition) is 2. The summed E-state index contributed by atoms with van der Waals surface area (Å²) in [7, 11) is 0. The lowest BCUT2D eigenvalue weighted by Gasteiger charge is -2.22. The molecule has 4 nitrogen and oxygen atoms in total. The van der Waals surface area contributed by atoms with E-state index < -0.39 is 6.04 Å². The van der Waals surface area contributed by atoms with Crippen LogP contribution in [0.5, 0.6) is 0 Å². The van der Waals surface area contributed by atoms with E-state index in [0.717, 1.165) is 10.0 Å². The fourth-order valence-corrected chi connectivity index (χ4v) is 1.89. The maximum Gasteiger partial charge on any atom is 0.268 e. The molecule has 2 N–H and O–H groups in total. The number of halogens is 1. The first-order valence-corrected chi connectivity index (χ1v) is 5.95. The molecule has 0 aliphatic carbocycles. The lowest BCUT2D eigenvalue weighted by molar-refractivity contribution is -0.130. The standard InChI is InChI=1S/C12H11BrN2O2/c1-7-11(16)15-10(12(17)14-7)6-8-4-2-3-5-9(8)13/h2-7H,1H3,(H,14,17)(H,15,16)/b10-6+/t7-/m1/s1. The first-order chi connectivity index (χ1) is 8.08. The van der Waals surface area contributed by atoms with Crippen LogP contribution in [0, 0.1) is 0 Å². The number of carbonyl (C=O) groups is 2. The van der Waals surface area contributed by atoms with Crippen molar-refractivity contribution in [3.63, 3.8) is 0 Å². The van der Waals surface area contributed by atoms with E-state index in [1.165, 1.54) is 0 Å². The fraction of sp³-hybridized carbons (Fsp3) is 0.167. The molecule has 1 heterocycles. The van der Waals surface area contributed by atoms with Crippen molar-refractivity contribution in [2.24, 2.45) is 0 Å². The summed E-state index contributed by atoms with van der Waals surface area (Å²) in [6, 6.07) is 6.99. The molecule has 17 heavy (non-hydrogen) atoms. The molecule has 88 valence electrons. The maximum absolute atomic E-state index is 11.7. The third-order valence-corrected chi connectivity index (χ3v) is 3.17. The highest BCUT2D eigenvalue weighted by molar-refractivity contribution is 9.10. The minimum Gasteiger partial charge on any atom is -0.339 e. The van der Waals surface area contributed by atoms with E-state index in [1.807, 2.05) is 24.3 Å². The normalized spacial score (nSPS) is 22.2. The molecule has 0 unspecified atom stereocenters. The summed E-state index contributed by atoms with van der Waals surface area (Å²) in [6.45, 7) is 1.64.